The van der Waals surface area contributed by atoms with Crippen LogP contribution in [-0.2, 0) is 4.79 Å². The molecule has 3 N–H and O–H groups in total. The van der Waals surface area contributed by atoms with E-state index in [0.717, 1.165) is 11.1 Å². The van der Waals surface area contributed by atoms with Gasteiger partial charge in [0.1, 0.15) is 0 Å². The van der Waals surface area contributed by atoms with Gasteiger partial charge in [-0.2, -0.15) is 0 Å². The molecule has 0 heterocycles. The quantitative estimate of drug-likeness (QED) is 0.830. The summed E-state index contributed by atoms with van der Waals surface area (Å²) in [4.78, 5) is 11.2. The van der Waals surface area contributed by atoms with Crippen LogP contribution in [-0.4, -0.2) is 31.8 Å². The second kappa shape index (κ2) is 5.73. The van der Waals surface area contributed by atoms with Gasteiger partial charge in [-0.3, -0.25) is 4.79 Å². The van der Waals surface area contributed by atoms with E-state index in [0.29, 0.717) is 17.1 Å². The van der Waals surface area contributed by atoms with Crippen molar-refractivity contribution in [1.29, 1.82) is 0 Å². The molecular formula is C13H19NO4. The van der Waals surface area contributed by atoms with Crippen LogP contribution in [0.2, 0.25) is 0 Å². The molecule has 18 heavy (non-hydrogen) atoms. The van der Waals surface area contributed by atoms with Gasteiger partial charge in [-0.05, 0) is 36.6 Å². The average Bonchev–Trinajstić information content (AvgIpc) is 2.33. The molecule has 1 atom stereocenters. The minimum Gasteiger partial charge on any atom is -0.493 e. The van der Waals surface area contributed by atoms with Crippen molar-refractivity contribution in [3.63, 3.8) is 0 Å². The standard InChI is InChI=1S/C13H19NO4/c1-7-5-10(17-3)12(18-4)8(2)11(7)9(6-14)13(15)16/h5,9H,6,14H2,1-4H3,(H,15,16). The van der Waals surface area contributed by atoms with Gasteiger partial charge >= 0.3 is 5.97 Å². The maximum absolute atomic E-state index is 11.2. The molecule has 1 aromatic carbocycles. The zero-order valence-corrected chi connectivity index (χ0v) is 11.1. The summed E-state index contributed by atoms with van der Waals surface area (Å²) in [6.45, 7) is 3.71. The first-order valence-corrected chi connectivity index (χ1v) is 5.62. The van der Waals surface area contributed by atoms with Crippen LogP contribution in [0.25, 0.3) is 0 Å². The summed E-state index contributed by atoms with van der Waals surface area (Å²) < 4.78 is 10.5. The smallest absolute Gasteiger partial charge is 0.312 e. The molecule has 1 aromatic rings. The van der Waals surface area contributed by atoms with Crippen molar-refractivity contribution in [2.24, 2.45) is 5.73 Å². The lowest BCUT2D eigenvalue weighted by Gasteiger charge is -2.20. The third-order valence-corrected chi connectivity index (χ3v) is 3.05. The van der Waals surface area contributed by atoms with Gasteiger partial charge in [-0.25, -0.2) is 0 Å². The van der Waals surface area contributed by atoms with Gasteiger partial charge < -0.3 is 20.3 Å². The van der Waals surface area contributed by atoms with Crippen molar-refractivity contribution in [1.82, 2.24) is 0 Å². The van der Waals surface area contributed by atoms with E-state index in [2.05, 4.69) is 0 Å². The van der Waals surface area contributed by atoms with Crippen molar-refractivity contribution in [3.8, 4) is 11.5 Å². The first-order valence-electron chi connectivity index (χ1n) is 5.62. The van der Waals surface area contributed by atoms with E-state index in [1.165, 1.54) is 7.11 Å². The SMILES string of the molecule is COc1cc(C)c(C(CN)C(=O)O)c(C)c1OC. The average molecular weight is 253 g/mol. The number of aryl methyl sites for hydroxylation is 1. The molecule has 100 valence electrons. The van der Waals surface area contributed by atoms with Gasteiger partial charge in [-0.1, -0.05) is 0 Å². The van der Waals surface area contributed by atoms with Crippen LogP contribution in [0.5, 0.6) is 11.5 Å². The molecular weight excluding hydrogens is 234 g/mol. The lowest BCUT2D eigenvalue weighted by molar-refractivity contribution is -0.138. The van der Waals surface area contributed by atoms with Crippen LogP contribution >= 0.6 is 0 Å². The van der Waals surface area contributed by atoms with Gasteiger partial charge in [0.05, 0.1) is 20.1 Å². The number of hydrogen-bond acceptors (Lipinski definition) is 4. The van der Waals surface area contributed by atoms with Crippen LogP contribution in [0.3, 0.4) is 0 Å². The molecule has 1 rings (SSSR count). The lowest BCUT2D eigenvalue weighted by atomic mass is 9.90. The molecule has 0 aliphatic carbocycles. The third kappa shape index (κ3) is 2.41. The van der Waals surface area contributed by atoms with Gasteiger partial charge in [0, 0.05) is 6.54 Å². The van der Waals surface area contributed by atoms with Crippen molar-refractivity contribution >= 4 is 5.97 Å². The molecule has 1 unspecified atom stereocenters. The minimum absolute atomic E-state index is 0.0481. The summed E-state index contributed by atoms with van der Waals surface area (Å²) in [6, 6.07) is 1.77. The lowest BCUT2D eigenvalue weighted by Crippen LogP contribution is -2.23. The van der Waals surface area contributed by atoms with Crippen LogP contribution in [0.15, 0.2) is 6.07 Å². The Morgan fingerprint density at radius 2 is 2.00 bits per heavy atom. The molecule has 0 radical (unpaired) electrons. The molecule has 0 amide bonds. The zero-order chi connectivity index (χ0) is 13.9. The topological polar surface area (TPSA) is 81.8 Å². The number of methoxy groups -OCH3 is 2. The predicted molar refractivity (Wildman–Crippen MR) is 68.5 cm³/mol. The predicted octanol–water partition coefficient (Wildman–Crippen LogP) is 1.45. The summed E-state index contributed by atoms with van der Waals surface area (Å²) in [7, 11) is 3.08. The number of aliphatic carboxylic acids is 1. The summed E-state index contributed by atoms with van der Waals surface area (Å²) in [5, 5.41) is 9.21. The van der Waals surface area contributed by atoms with Gasteiger partial charge in [0.2, 0.25) is 0 Å². The van der Waals surface area contributed by atoms with E-state index in [1.807, 2.05) is 13.8 Å². The van der Waals surface area contributed by atoms with Crippen LogP contribution < -0.4 is 15.2 Å². The Morgan fingerprint density at radius 3 is 2.39 bits per heavy atom. The maximum Gasteiger partial charge on any atom is 0.312 e. The van der Waals surface area contributed by atoms with E-state index in [1.54, 1.807) is 13.2 Å². The molecule has 0 fully saturated rings. The van der Waals surface area contributed by atoms with Crippen molar-refractivity contribution in [3.05, 3.63) is 22.8 Å². The fourth-order valence-electron chi connectivity index (χ4n) is 2.23. The van der Waals surface area contributed by atoms with Crippen molar-refractivity contribution in [2.45, 2.75) is 19.8 Å². The van der Waals surface area contributed by atoms with Crippen molar-refractivity contribution < 1.29 is 19.4 Å². The Hall–Kier alpha value is -1.75. The molecule has 0 bridgehead atoms. The highest BCUT2D eigenvalue weighted by molar-refractivity contribution is 5.78. The first-order chi connectivity index (χ1) is 8.47. The fraction of sp³-hybridized carbons (Fsp3) is 0.462. The molecule has 0 aromatic heterocycles. The summed E-state index contributed by atoms with van der Waals surface area (Å²) >= 11 is 0. The zero-order valence-electron chi connectivity index (χ0n) is 11.1. The summed E-state index contributed by atoms with van der Waals surface area (Å²) in [6.07, 6.45) is 0. The van der Waals surface area contributed by atoms with Gasteiger partial charge in [0.15, 0.2) is 11.5 Å². The van der Waals surface area contributed by atoms with E-state index in [-0.39, 0.29) is 6.54 Å². The van der Waals surface area contributed by atoms with Crippen LogP contribution in [0.4, 0.5) is 0 Å². The number of rotatable bonds is 5. The van der Waals surface area contributed by atoms with E-state index < -0.39 is 11.9 Å². The summed E-state index contributed by atoms with van der Waals surface area (Å²) in [5.41, 5.74) is 7.84. The summed E-state index contributed by atoms with van der Waals surface area (Å²) in [5.74, 6) is -0.518. The Morgan fingerprint density at radius 1 is 1.39 bits per heavy atom. The largest absolute Gasteiger partial charge is 0.493 e. The maximum atomic E-state index is 11.2. The molecule has 0 saturated carbocycles. The van der Waals surface area contributed by atoms with Crippen LogP contribution in [0.1, 0.15) is 22.6 Å². The van der Waals surface area contributed by atoms with E-state index in [9.17, 15) is 9.90 Å². The number of carbonyl (C=O) groups is 1. The molecule has 0 spiro atoms. The molecule has 5 heteroatoms. The Labute approximate surface area is 107 Å². The van der Waals surface area contributed by atoms with E-state index >= 15 is 0 Å². The number of nitrogens with two attached hydrogens (primary N) is 1. The fourth-order valence-corrected chi connectivity index (χ4v) is 2.23. The highest BCUT2D eigenvalue weighted by Gasteiger charge is 2.25. The number of carboxylic acids is 1. The second-order valence-corrected chi connectivity index (χ2v) is 4.09. The van der Waals surface area contributed by atoms with E-state index in [4.69, 9.17) is 15.2 Å². The number of hydrogen-bond donors (Lipinski definition) is 2. The van der Waals surface area contributed by atoms with Gasteiger partial charge in [-0.15, -0.1) is 0 Å². The highest BCUT2D eigenvalue weighted by atomic mass is 16.5. The second-order valence-electron chi connectivity index (χ2n) is 4.09. The molecule has 0 aliphatic rings. The Bertz CT molecular complexity index is 457. The molecule has 0 saturated heterocycles. The normalized spacial score (nSPS) is 12.1. The Balaban J connectivity index is 3.49. The molecule has 0 aliphatic heterocycles. The molecule has 5 nitrogen and oxygen atoms in total. The van der Waals surface area contributed by atoms with Crippen molar-refractivity contribution in [2.75, 3.05) is 20.8 Å². The number of carboxylic acid groups (broad SMARTS) is 1. The third-order valence-electron chi connectivity index (χ3n) is 3.05. The minimum atomic E-state index is -0.934. The number of benzene rings is 1. The Kier molecular flexibility index (Phi) is 4.55. The van der Waals surface area contributed by atoms with Gasteiger partial charge in [0.25, 0.3) is 0 Å². The monoisotopic (exact) mass is 253 g/mol. The van der Waals surface area contributed by atoms with Crippen LogP contribution in [0, 0.1) is 13.8 Å². The first kappa shape index (κ1) is 14.3. The number of ether oxygens (including phenoxy) is 2. The highest BCUT2D eigenvalue weighted by Crippen LogP contribution is 2.38.